The molecular weight excluding hydrogens is 363 g/mol. The van der Waals surface area contributed by atoms with Crippen LogP contribution in [0.5, 0.6) is 0 Å². The van der Waals surface area contributed by atoms with E-state index in [-0.39, 0.29) is 17.7 Å². The first kappa shape index (κ1) is 18.7. The van der Waals surface area contributed by atoms with Crippen LogP contribution in [0.15, 0.2) is 53.7 Å². The van der Waals surface area contributed by atoms with Gasteiger partial charge in [0.2, 0.25) is 5.91 Å². The van der Waals surface area contributed by atoms with E-state index in [4.69, 9.17) is 0 Å². The van der Waals surface area contributed by atoms with Gasteiger partial charge >= 0.3 is 6.18 Å². The van der Waals surface area contributed by atoms with Crippen molar-refractivity contribution in [2.24, 2.45) is 0 Å². The van der Waals surface area contributed by atoms with Crippen LogP contribution in [0.1, 0.15) is 17.2 Å². The maximum Gasteiger partial charge on any atom is 0.416 e. The van der Waals surface area contributed by atoms with Gasteiger partial charge in [0.15, 0.2) is 0 Å². The van der Waals surface area contributed by atoms with Gasteiger partial charge in [0.1, 0.15) is 0 Å². The highest BCUT2D eigenvalue weighted by atomic mass is 32.2. The fourth-order valence-corrected chi connectivity index (χ4v) is 3.70. The molecule has 1 amide bonds. The lowest BCUT2D eigenvalue weighted by atomic mass is 10.1. The zero-order valence-electron chi connectivity index (χ0n) is 13.9. The molecule has 0 radical (unpaired) electrons. The number of aromatic nitrogens is 1. The van der Waals surface area contributed by atoms with Crippen molar-refractivity contribution < 1.29 is 18.0 Å². The van der Waals surface area contributed by atoms with Crippen LogP contribution in [0.25, 0.3) is 0 Å². The number of carbonyl (C=O) groups is 1. The highest BCUT2D eigenvalue weighted by molar-refractivity contribution is 8.00. The van der Waals surface area contributed by atoms with E-state index in [1.807, 2.05) is 12.1 Å². The minimum Gasteiger partial charge on any atom is -0.332 e. The summed E-state index contributed by atoms with van der Waals surface area (Å²) in [6.07, 6.45) is -0.974. The van der Waals surface area contributed by atoms with Crippen molar-refractivity contribution in [2.45, 2.75) is 17.1 Å². The van der Waals surface area contributed by atoms with Crippen LogP contribution in [0.3, 0.4) is 0 Å². The third-order valence-electron chi connectivity index (χ3n) is 4.16. The summed E-state index contributed by atoms with van der Waals surface area (Å²) in [6, 6.07) is 8.68. The highest BCUT2D eigenvalue weighted by Gasteiger charge is 2.31. The van der Waals surface area contributed by atoms with Gasteiger partial charge in [-0.25, -0.2) is 0 Å². The quantitative estimate of drug-likeness (QED) is 0.825. The van der Waals surface area contributed by atoms with Crippen molar-refractivity contribution in [3.05, 3.63) is 59.9 Å². The van der Waals surface area contributed by atoms with E-state index in [1.165, 1.54) is 6.07 Å². The van der Waals surface area contributed by atoms with Gasteiger partial charge in [0.25, 0.3) is 0 Å². The van der Waals surface area contributed by atoms with Crippen LogP contribution in [-0.2, 0) is 11.0 Å². The molecule has 2 heterocycles. The molecule has 26 heavy (non-hydrogen) atoms. The predicted octanol–water partition coefficient (Wildman–Crippen LogP) is 3.37. The van der Waals surface area contributed by atoms with E-state index < -0.39 is 11.7 Å². The van der Waals surface area contributed by atoms with Crippen LogP contribution in [0.2, 0.25) is 0 Å². The van der Waals surface area contributed by atoms with E-state index in [0.29, 0.717) is 24.5 Å². The normalized spacial score (nSPS) is 18.0. The number of thioether (sulfide) groups is 1. The fourth-order valence-electron chi connectivity index (χ4n) is 2.86. The molecule has 1 atom stereocenters. The van der Waals surface area contributed by atoms with Crippen molar-refractivity contribution in [1.82, 2.24) is 15.2 Å². The van der Waals surface area contributed by atoms with Gasteiger partial charge in [-0.1, -0.05) is 12.1 Å². The lowest BCUT2D eigenvalue weighted by molar-refractivity contribution is -0.137. The Hall–Kier alpha value is -2.06. The molecule has 1 aliphatic heterocycles. The maximum absolute atomic E-state index is 12.8. The van der Waals surface area contributed by atoms with Crippen LogP contribution >= 0.6 is 11.8 Å². The molecule has 1 aromatic heterocycles. The molecule has 8 heteroatoms. The zero-order chi connectivity index (χ0) is 18.6. The Kier molecular flexibility index (Phi) is 5.83. The third-order valence-corrected chi connectivity index (χ3v) is 5.14. The predicted molar refractivity (Wildman–Crippen MR) is 93.7 cm³/mol. The number of benzene rings is 1. The molecule has 0 bridgehead atoms. The molecule has 2 aromatic rings. The lowest BCUT2D eigenvalue weighted by Crippen LogP contribution is -2.49. The number of halogens is 3. The molecule has 4 nitrogen and oxygen atoms in total. The SMILES string of the molecule is O=C(CSc1cccc(C(F)(F)F)c1)N1CCNCC1c1cccnc1. The Bertz CT molecular complexity index is 755. The number of nitrogens with zero attached hydrogens (tertiary/aromatic N) is 2. The summed E-state index contributed by atoms with van der Waals surface area (Å²) in [7, 11) is 0. The first-order valence-corrected chi connectivity index (χ1v) is 9.14. The zero-order valence-corrected chi connectivity index (χ0v) is 14.7. The average molecular weight is 381 g/mol. The van der Waals surface area contributed by atoms with E-state index >= 15 is 0 Å². The molecule has 138 valence electrons. The van der Waals surface area contributed by atoms with Crippen LogP contribution in [-0.4, -0.2) is 41.2 Å². The second-order valence-corrected chi connectivity index (χ2v) is 6.96. The van der Waals surface area contributed by atoms with Gasteiger partial charge in [-0.3, -0.25) is 9.78 Å². The highest BCUT2D eigenvalue weighted by Crippen LogP contribution is 2.32. The Morgan fingerprint density at radius 2 is 2.15 bits per heavy atom. The van der Waals surface area contributed by atoms with Crippen LogP contribution < -0.4 is 5.32 Å². The summed E-state index contributed by atoms with van der Waals surface area (Å²) < 4.78 is 38.4. The Morgan fingerprint density at radius 3 is 2.88 bits per heavy atom. The lowest BCUT2D eigenvalue weighted by Gasteiger charge is -2.36. The Morgan fingerprint density at radius 1 is 1.31 bits per heavy atom. The topological polar surface area (TPSA) is 45.2 Å². The largest absolute Gasteiger partial charge is 0.416 e. The maximum atomic E-state index is 12.8. The summed E-state index contributed by atoms with van der Waals surface area (Å²) >= 11 is 1.12. The minimum atomic E-state index is -4.38. The molecule has 0 spiro atoms. The first-order chi connectivity index (χ1) is 12.4. The second-order valence-electron chi connectivity index (χ2n) is 5.91. The van der Waals surface area contributed by atoms with Gasteiger partial charge in [-0.2, -0.15) is 13.2 Å². The molecule has 1 saturated heterocycles. The summed E-state index contributed by atoms with van der Waals surface area (Å²) in [4.78, 5) is 19.0. The number of pyridine rings is 1. The number of alkyl halides is 3. The molecule has 0 saturated carbocycles. The number of piperazine rings is 1. The van der Waals surface area contributed by atoms with Crippen molar-refractivity contribution in [3.63, 3.8) is 0 Å². The van der Waals surface area contributed by atoms with Crippen molar-refractivity contribution in [3.8, 4) is 0 Å². The number of amides is 1. The molecule has 1 unspecified atom stereocenters. The number of rotatable bonds is 4. The van der Waals surface area contributed by atoms with Crippen LogP contribution in [0.4, 0.5) is 13.2 Å². The molecule has 0 aliphatic carbocycles. The number of nitrogens with one attached hydrogen (secondary N) is 1. The van der Waals surface area contributed by atoms with Crippen LogP contribution in [0, 0.1) is 0 Å². The van der Waals surface area contributed by atoms with E-state index in [9.17, 15) is 18.0 Å². The van der Waals surface area contributed by atoms with Crippen molar-refractivity contribution >= 4 is 17.7 Å². The van der Waals surface area contributed by atoms with Gasteiger partial charge in [-0.05, 0) is 29.8 Å². The monoisotopic (exact) mass is 381 g/mol. The summed E-state index contributed by atoms with van der Waals surface area (Å²) in [6.45, 7) is 1.88. The second kappa shape index (κ2) is 8.09. The van der Waals surface area contributed by atoms with Crippen molar-refractivity contribution in [1.29, 1.82) is 0 Å². The third kappa shape index (κ3) is 4.56. The fraction of sp³-hybridized carbons (Fsp3) is 0.333. The first-order valence-electron chi connectivity index (χ1n) is 8.15. The van der Waals surface area contributed by atoms with E-state index in [2.05, 4.69) is 10.3 Å². The summed E-state index contributed by atoms with van der Waals surface area (Å²) in [5.41, 5.74) is 0.238. The number of hydrogen-bond donors (Lipinski definition) is 1. The molecule has 3 rings (SSSR count). The van der Waals surface area contributed by atoms with Crippen molar-refractivity contribution in [2.75, 3.05) is 25.4 Å². The molecular formula is C18H18F3N3OS. The van der Waals surface area contributed by atoms with Gasteiger partial charge in [-0.15, -0.1) is 11.8 Å². The number of carbonyl (C=O) groups excluding carboxylic acids is 1. The molecule has 1 aromatic carbocycles. The minimum absolute atomic E-state index is 0.0947. The number of hydrogen-bond acceptors (Lipinski definition) is 4. The molecule has 1 fully saturated rings. The summed E-state index contributed by atoms with van der Waals surface area (Å²) in [5, 5.41) is 3.26. The van der Waals surface area contributed by atoms with E-state index in [0.717, 1.165) is 29.5 Å². The molecule has 1 aliphatic rings. The Balaban J connectivity index is 1.67. The summed E-state index contributed by atoms with van der Waals surface area (Å²) in [5.74, 6) is 0.000648. The van der Waals surface area contributed by atoms with Gasteiger partial charge in [0, 0.05) is 36.9 Å². The van der Waals surface area contributed by atoms with Gasteiger partial charge in [0.05, 0.1) is 17.4 Å². The average Bonchev–Trinajstić information content (AvgIpc) is 2.66. The van der Waals surface area contributed by atoms with Gasteiger partial charge < -0.3 is 10.2 Å². The smallest absolute Gasteiger partial charge is 0.332 e. The Labute approximate surface area is 153 Å². The standard InChI is InChI=1S/C18H18F3N3OS/c19-18(20,21)14-4-1-5-15(9-14)26-12-17(25)24-8-7-23-11-16(24)13-3-2-6-22-10-13/h1-6,9-10,16,23H,7-8,11-12H2. The van der Waals surface area contributed by atoms with E-state index in [1.54, 1.807) is 23.4 Å². The molecule has 1 N–H and O–H groups in total.